The summed E-state index contributed by atoms with van der Waals surface area (Å²) < 4.78 is 14.0. The highest BCUT2D eigenvalue weighted by Crippen LogP contribution is 2.17. The molecule has 0 spiro atoms. The Hall–Kier alpha value is -0.450. The van der Waals surface area contributed by atoms with Gasteiger partial charge in [0.2, 0.25) is 0 Å². The lowest BCUT2D eigenvalue weighted by molar-refractivity contribution is 0.166. The van der Waals surface area contributed by atoms with Crippen molar-refractivity contribution < 1.29 is 9.50 Å². The van der Waals surface area contributed by atoms with Crippen molar-refractivity contribution in [1.82, 2.24) is 0 Å². The van der Waals surface area contributed by atoms with E-state index in [0.29, 0.717) is 24.9 Å². The Balaban J connectivity index is 2.70. The molecule has 0 amide bonds. The van der Waals surface area contributed by atoms with Crippen LogP contribution in [0.1, 0.15) is 12.0 Å². The molecule has 0 saturated carbocycles. The summed E-state index contributed by atoms with van der Waals surface area (Å²) in [6, 6.07) is 4.69. The minimum absolute atomic E-state index is 0.288. The fraction of sp³-hybridized carbons (Fsp3) is 0.400. The number of hydrogen-bond donors (Lipinski definition) is 2. The number of halogens is 2. The number of aliphatic hydroxyl groups excluding tert-OH is 1. The lowest BCUT2D eigenvalue weighted by Gasteiger charge is -2.09. The Bertz CT molecular complexity index is 306. The molecule has 3 N–H and O–H groups in total. The molecule has 0 heterocycles. The van der Waals surface area contributed by atoms with E-state index in [9.17, 15) is 9.50 Å². The van der Waals surface area contributed by atoms with Gasteiger partial charge in [-0.25, -0.2) is 4.39 Å². The van der Waals surface area contributed by atoms with Gasteiger partial charge in [0, 0.05) is 10.9 Å². The molecule has 14 heavy (non-hydrogen) atoms. The largest absolute Gasteiger partial charge is 0.393 e. The van der Waals surface area contributed by atoms with Crippen LogP contribution in [0.25, 0.3) is 0 Å². The molecule has 0 radical (unpaired) electrons. The summed E-state index contributed by atoms with van der Waals surface area (Å²) in [6.45, 7) is 0.413. The van der Waals surface area contributed by atoms with Gasteiger partial charge in [-0.05, 0) is 36.7 Å². The lowest BCUT2D eigenvalue weighted by Crippen LogP contribution is -2.16. The molecular weight excluding hydrogens is 249 g/mol. The number of aliphatic hydroxyl groups is 1. The molecule has 1 unspecified atom stereocenters. The number of rotatable bonds is 4. The monoisotopic (exact) mass is 261 g/mol. The Labute approximate surface area is 91.1 Å². The van der Waals surface area contributed by atoms with Crippen LogP contribution in [0.5, 0.6) is 0 Å². The van der Waals surface area contributed by atoms with Crippen LogP contribution in [0.4, 0.5) is 4.39 Å². The zero-order chi connectivity index (χ0) is 10.6. The zero-order valence-corrected chi connectivity index (χ0v) is 9.30. The van der Waals surface area contributed by atoms with Crippen molar-refractivity contribution in [1.29, 1.82) is 0 Å². The molecule has 1 aromatic carbocycles. The van der Waals surface area contributed by atoms with Crippen molar-refractivity contribution in [2.45, 2.75) is 18.9 Å². The minimum atomic E-state index is -0.566. The molecule has 0 aromatic heterocycles. The van der Waals surface area contributed by atoms with Gasteiger partial charge >= 0.3 is 0 Å². The molecule has 1 rings (SSSR count). The first kappa shape index (κ1) is 11.6. The topological polar surface area (TPSA) is 46.2 Å². The van der Waals surface area contributed by atoms with Gasteiger partial charge in [-0.15, -0.1) is 0 Å². The Morgan fingerprint density at radius 2 is 2.21 bits per heavy atom. The highest BCUT2D eigenvalue weighted by Gasteiger charge is 2.08. The quantitative estimate of drug-likeness (QED) is 0.869. The first-order valence-corrected chi connectivity index (χ1v) is 5.25. The van der Waals surface area contributed by atoms with Gasteiger partial charge in [0.05, 0.1) is 6.10 Å². The van der Waals surface area contributed by atoms with E-state index in [1.165, 1.54) is 6.07 Å². The van der Waals surface area contributed by atoms with E-state index in [4.69, 9.17) is 5.73 Å². The summed E-state index contributed by atoms with van der Waals surface area (Å²) in [7, 11) is 0. The van der Waals surface area contributed by atoms with Crippen LogP contribution in [0.15, 0.2) is 22.7 Å². The summed E-state index contributed by atoms with van der Waals surface area (Å²) in [6.07, 6.45) is 0.234. The van der Waals surface area contributed by atoms with Gasteiger partial charge in [0.15, 0.2) is 0 Å². The van der Waals surface area contributed by atoms with Gasteiger partial charge in [-0.3, -0.25) is 0 Å². The average molecular weight is 262 g/mol. The predicted molar refractivity (Wildman–Crippen MR) is 57.5 cm³/mol. The third-order valence-corrected chi connectivity index (χ3v) is 2.46. The summed E-state index contributed by atoms with van der Waals surface area (Å²) in [5.41, 5.74) is 5.80. The van der Waals surface area contributed by atoms with Crippen LogP contribution >= 0.6 is 15.9 Å². The van der Waals surface area contributed by atoms with Crippen LogP contribution in [-0.4, -0.2) is 17.8 Å². The summed E-state index contributed by atoms with van der Waals surface area (Å²) in [5.74, 6) is -0.288. The van der Waals surface area contributed by atoms with Crippen LogP contribution in [0, 0.1) is 5.82 Å². The van der Waals surface area contributed by atoms with E-state index in [2.05, 4.69) is 15.9 Å². The molecule has 0 fully saturated rings. The van der Waals surface area contributed by atoms with Gasteiger partial charge in [0.25, 0.3) is 0 Å². The molecule has 0 aliphatic rings. The molecule has 0 aliphatic carbocycles. The Morgan fingerprint density at radius 1 is 1.50 bits per heavy atom. The molecular formula is C10H13BrFNO. The molecule has 0 saturated heterocycles. The van der Waals surface area contributed by atoms with Crippen LogP contribution < -0.4 is 5.73 Å². The normalized spacial score (nSPS) is 12.9. The number of hydrogen-bond acceptors (Lipinski definition) is 2. The molecule has 0 bridgehead atoms. The highest BCUT2D eigenvalue weighted by atomic mass is 79.9. The first-order valence-electron chi connectivity index (χ1n) is 4.45. The maximum atomic E-state index is 13.2. The van der Waals surface area contributed by atoms with Gasteiger partial charge < -0.3 is 10.8 Å². The van der Waals surface area contributed by atoms with Crippen molar-refractivity contribution >= 4 is 15.9 Å². The van der Waals surface area contributed by atoms with E-state index in [1.807, 2.05) is 0 Å². The fourth-order valence-electron chi connectivity index (χ4n) is 1.25. The second kappa shape index (κ2) is 5.44. The van der Waals surface area contributed by atoms with E-state index in [-0.39, 0.29) is 5.82 Å². The highest BCUT2D eigenvalue weighted by molar-refractivity contribution is 9.10. The maximum absolute atomic E-state index is 13.2. The second-order valence-electron chi connectivity index (χ2n) is 3.17. The zero-order valence-electron chi connectivity index (χ0n) is 7.71. The van der Waals surface area contributed by atoms with E-state index < -0.39 is 6.10 Å². The lowest BCUT2D eigenvalue weighted by atomic mass is 10.1. The molecule has 1 aromatic rings. The second-order valence-corrected chi connectivity index (χ2v) is 4.09. The summed E-state index contributed by atoms with van der Waals surface area (Å²) in [5, 5.41) is 9.46. The Kier molecular flexibility index (Phi) is 4.51. The van der Waals surface area contributed by atoms with Crippen molar-refractivity contribution in [3.05, 3.63) is 34.1 Å². The van der Waals surface area contributed by atoms with Gasteiger partial charge in [-0.1, -0.05) is 15.9 Å². The third kappa shape index (κ3) is 3.36. The molecule has 4 heteroatoms. The Morgan fingerprint density at radius 3 is 2.86 bits per heavy atom. The summed E-state index contributed by atoms with van der Waals surface area (Å²) in [4.78, 5) is 0. The van der Waals surface area contributed by atoms with Crippen LogP contribution in [0.3, 0.4) is 0 Å². The SMILES string of the molecule is NCCC(O)Cc1cc(Br)ccc1F. The maximum Gasteiger partial charge on any atom is 0.126 e. The summed E-state index contributed by atoms with van der Waals surface area (Å²) >= 11 is 3.25. The van der Waals surface area contributed by atoms with E-state index in [1.54, 1.807) is 12.1 Å². The minimum Gasteiger partial charge on any atom is -0.393 e. The number of nitrogens with two attached hydrogens (primary N) is 1. The van der Waals surface area contributed by atoms with Crippen molar-refractivity contribution in [3.8, 4) is 0 Å². The molecule has 1 atom stereocenters. The smallest absolute Gasteiger partial charge is 0.126 e. The van der Waals surface area contributed by atoms with Gasteiger partial charge in [-0.2, -0.15) is 0 Å². The van der Waals surface area contributed by atoms with E-state index >= 15 is 0 Å². The third-order valence-electron chi connectivity index (χ3n) is 1.96. The predicted octanol–water partition coefficient (Wildman–Crippen LogP) is 1.84. The molecule has 78 valence electrons. The van der Waals surface area contributed by atoms with Crippen molar-refractivity contribution in [3.63, 3.8) is 0 Å². The van der Waals surface area contributed by atoms with Crippen molar-refractivity contribution in [2.75, 3.05) is 6.54 Å². The number of benzene rings is 1. The first-order chi connectivity index (χ1) is 6.63. The van der Waals surface area contributed by atoms with Crippen molar-refractivity contribution in [2.24, 2.45) is 5.73 Å². The van der Waals surface area contributed by atoms with Gasteiger partial charge in [0.1, 0.15) is 5.82 Å². The van der Waals surface area contributed by atoms with Crippen LogP contribution in [0.2, 0.25) is 0 Å². The standard InChI is InChI=1S/C10H13BrFNO/c11-8-1-2-10(12)7(5-8)6-9(14)3-4-13/h1-2,5,9,14H,3-4,6,13H2. The fourth-order valence-corrected chi connectivity index (χ4v) is 1.66. The van der Waals surface area contributed by atoms with E-state index in [0.717, 1.165) is 4.47 Å². The van der Waals surface area contributed by atoms with Crippen LogP contribution in [-0.2, 0) is 6.42 Å². The molecule has 2 nitrogen and oxygen atoms in total. The molecule has 0 aliphatic heterocycles. The average Bonchev–Trinajstić information content (AvgIpc) is 2.12.